The molecule has 0 heterocycles. The van der Waals surface area contributed by atoms with Crippen LogP contribution in [0.1, 0.15) is 25.0 Å². The Morgan fingerprint density at radius 3 is 1.96 bits per heavy atom. The Balaban J connectivity index is 2.07. The predicted octanol–water partition coefficient (Wildman–Crippen LogP) is 3.30. The number of amides is 2. The van der Waals surface area contributed by atoms with Crippen LogP contribution in [-0.2, 0) is 17.8 Å². The molecule has 0 spiro atoms. The number of rotatable bonds is 7. The molecule has 0 saturated heterocycles. The third kappa shape index (κ3) is 5.64. The molecule has 5 nitrogen and oxygen atoms in total. The normalized spacial score (nSPS) is 11.8. The second-order valence-corrected chi connectivity index (χ2v) is 6.24. The van der Waals surface area contributed by atoms with Gasteiger partial charge < -0.3 is 15.3 Å². The minimum atomic E-state index is -1.04. The third-order valence-electron chi connectivity index (χ3n) is 3.96. The van der Waals surface area contributed by atoms with Gasteiger partial charge in [-0.3, -0.25) is 0 Å². The molecule has 2 N–H and O–H groups in total. The van der Waals surface area contributed by atoms with E-state index in [1.165, 1.54) is 0 Å². The lowest BCUT2D eigenvalue weighted by Gasteiger charge is -2.28. The molecule has 2 amide bonds. The topological polar surface area (TPSA) is 69.6 Å². The van der Waals surface area contributed by atoms with E-state index in [9.17, 15) is 14.7 Å². The Kier molecular flexibility index (Phi) is 6.57. The highest BCUT2D eigenvalue weighted by Gasteiger charge is 2.25. The molecule has 0 unspecified atom stereocenters. The fourth-order valence-electron chi connectivity index (χ4n) is 2.55. The zero-order chi connectivity index (χ0) is 18.2. The summed E-state index contributed by atoms with van der Waals surface area (Å²) in [6.07, 6.45) is 0.249. The van der Waals surface area contributed by atoms with Crippen LogP contribution in [0, 0.1) is 0 Å². The van der Waals surface area contributed by atoms with Gasteiger partial charge in [-0.25, -0.2) is 9.59 Å². The van der Waals surface area contributed by atoms with Gasteiger partial charge in [-0.05, 0) is 25.0 Å². The van der Waals surface area contributed by atoms with Crippen molar-refractivity contribution in [3.63, 3.8) is 0 Å². The van der Waals surface area contributed by atoms with Crippen molar-refractivity contribution in [1.29, 1.82) is 0 Å². The van der Waals surface area contributed by atoms with Crippen LogP contribution in [0.2, 0.25) is 0 Å². The van der Waals surface area contributed by atoms with Crippen LogP contribution < -0.4 is 5.32 Å². The summed E-state index contributed by atoms with van der Waals surface area (Å²) >= 11 is 0. The number of carbonyl (C=O) groups is 2. The van der Waals surface area contributed by atoms with Gasteiger partial charge in [-0.1, -0.05) is 60.7 Å². The Labute approximate surface area is 148 Å². The smallest absolute Gasteiger partial charge is 0.326 e. The van der Waals surface area contributed by atoms with Gasteiger partial charge in [0.2, 0.25) is 0 Å². The molecule has 2 rings (SSSR count). The molecule has 2 aromatic carbocycles. The molecule has 0 aliphatic heterocycles. The molecular formula is C20H24N2O3. The van der Waals surface area contributed by atoms with Crippen molar-refractivity contribution in [3.05, 3.63) is 71.8 Å². The molecular weight excluding hydrogens is 316 g/mol. The van der Waals surface area contributed by atoms with Crippen molar-refractivity contribution in [2.24, 2.45) is 0 Å². The monoisotopic (exact) mass is 340 g/mol. The molecule has 0 aliphatic carbocycles. The average Bonchev–Trinajstić information content (AvgIpc) is 2.60. The second kappa shape index (κ2) is 8.87. The fourth-order valence-corrected chi connectivity index (χ4v) is 2.55. The molecule has 25 heavy (non-hydrogen) atoms. The van der Waals surface area contributed by atoms with Gasteiger partial charge in [-0.15, -0.1) is 0 Å². The van der Waals surface area contributed by atoms with Gasteiger partial charge in [0.1, 0.15) is 6.04 Å². The minimum absolute atomic E-state index is 0.0497. The number of benzene rings is 2. The van der Waals surface area contributed by atoms with E-state index in [1.54, 1.807) is 4.90 Å². The first-order chi connectivity index (χ1) is 12.0. The summed E-state index contributed by atoms with van der Waals surface area (Å²) in [6, 6.07) is 17.5. The molecule has 0 aliphatic rings. The van der Waals surface area contributed by atoms with Crippen molar-refractivity contribution in [2.45, 2.75) is 38.9 Å². The lowest BCUT2D eigenvalue weighted by Crippen LogP contribution is -2.50. The number of hydrogen-bond acceptors (Lipinski definition) is 2. The average molecular weight is 340 g/mol. The Morgan fingerprint density at radius 2 is 1.48 bits per heavy atom. The second-order valence-electron chi connectivity index (χ2n) is 6.24. The van der Waals surface area contributed by atoms with Gasteiger partial charge in [-0.2, -0.15) is 0 Å². The van der Waals surface area contributed by atoms with Crippen LogP contribution in [0.3, 0.4) is 0 Å². The molecule has 2 aromatic rings. The summed E-state index contributed by atoms with van der Waals surface area (Å²) in [5.74, 6) is -1.04. The van der Waals surface area contributed by atoms with Crippen molar-refractivity contribution in [3.8, 4) is 0 Å². The summed E-state index contributed by atoms with van der Waals surface area (Å²) in [7, 11) is 0. The van der Waals surface area contributed by atoms with Crippen molar-refractivity contribution in [2.75, 3.05) is 0 Å². The lowest BCUT2D eigenvalue weighted by atomic mass is 10.1. The standard InChI is InChI=1S/C20H24N2O3/c1-15(2)22(14-17-11-7-4-8-12-17)20(25)21-18(19(23)24)13-16-9-5-3-6-10-16/h3-12,15,18H,13-14H2,1-2H3,(H,21,25)(H,23,24)/t18-/m0/s1. The van der Waals surface area contributed by atoms with Gasteiger partial charge in [0.15, 0.2) is 0 Å². The van der Waals surface area contributed by atoms with E-state index in [0.717, 1.165) is 11.1 Å². The quantitative estimate of drug-likeness (QED) is 0.812. The molecule has 1 atom stereocenters. The van der Waals surface area contributed by atoms with E-state index in [-0.39, 0.29) is 18.5 Å². The highest BCUT2D eigenvalue weighted by molar-refractivity contribution is 5.83. The number of carbonyl (C=O) groups excluding carboxylic acids is 1. The largest absolute Gasteiger partial charge is 0.480 e. The van der Waals surface area contributed by atoms with E-state index >= 15 is 0 Å². The molecule has 5 heteroatoms. The number of carboxylic acids is 1. The van der Waals surface area contributed by atoms with Gasteiger partial charge in [0.05, 0.1) is 0 Å². The summed E-state index contributed by atoms with van der Waals surface area (Å²) in [4.78, 5) is 25.8. The number of aliphatic carboxylic acids is 1. The van der Waals surface area contributed by atoms with Crippen LogP contribution >= 0.6 is 0 Å². The van der Waals surface area contributed by atoms with Crippen LogP contribution in [0.25, 0.3) is 0 Å². The van der Waals surface area contributed by atoms with Crippen LogP contribution in [0.15, 0.2) is 60.7 Å². The summed E-state index contributed by atoms with van der Waals surface area (Å²) in [6.45, 7) is 4.26. The van der Waals surface area contributed by atoms with Crippen molar-refractivity contribution < 1.29 is 14.7 Å². The highest BCUT2D eigenvalue weighted by atomic mass is 16.4. The molecule has 0 radical (unpaired) electrons. The van der Waals surface area contributed by atoms with E-state index < -0.39 is 12.0 Å². The number of nitrogens with zero attached hydrogens (tertiary/aromatic N) is 1. The van der Waals surface area contributed by atoms with Gasteiger partial charge >= 0.3 is 12.0 Å². The number of carboxylic acid groups (broad SMARTS) is 1. The van der Waals surface area contributed by atoms with Crippen LogP contribution in [0.5, 0.6) is 0 Å². The molecule has 0 bridgehead atoms. The van der Waals surface area contributed by atoms with E-state index in [0.29, 0.717) is 6.54 Å². The van der Waals surface area contributed by atoms with Gasteiger partial charge in [0, 0.05) is 19.0 Å². The Hall–Kier alpha value is -2.82. The zero-order valence-corrected chi connectivity index (χ0v) is 14.6. The lowest BCUT2D eigenvalue weighted by molar-refractivity contribution is -0.139. The molecule has 0 fully saturated rings. The summed E-state index contributed by atoms with van der Waals surface area (Å²) in [5, 5.41) is 12.1. The maximum Gasteiger partial charge on any atom is 0.326 e. The maximum absolute atomic E-state index is 12.6. The molecule has 0 saturated carbocycles. The van der Waals surface area contributed by atoms with Crippen molar-refractivity contribution >= 4 is 12.0 Å². The SMILES string of the molecule is CC(C)N(Cc1ccccc1)C(=O)N[C@@H](Cc1ccccc1)C(=O)O. The number of urea groups is 1. The molecule has 132 valence electrons. The van der Waals surface area contributed by atoms with E-state index in [1.807, 2.05) is 74.5 Å². The number of hydrogen-bond donors (Lipinski definition) is 2. The number of nitrogens with one attached hydrogen (secondary N) is 1. The van der Waals surface area contributed by atoms with Gasteiger partial charge in [0.25, 0.3) is 0 Å². The summed E-state index contributed by atoms with van der Waals surface area (Å²) < 4.78 is 0. The Bertz CT molecular complexity index is 687. The first-order valence-corrected chi connectivity index (χ1v) is 8.35. The highest BCUT2D eigenvalue weighted by Crippen LogP contribution is 2.10. The van der Waals surface area contributed by atoms with Crippen LogP contribution in [-0.4, -0.2) is 34.1 Å². The third-order valence-corrected chi connectivity index (χ3v) is 3.96. The van der Waals surface area contributed by atoms with Crippen molar-refractivity contribution in [1.82, 2.24) is 10.2 Å². The predicted molar refractivity (Wildman–Crippen MR) is 97.2 cm³/mol. The zero-order valence-electron chi connectivity index (χ0n) is 14.6. The first kappa shape index (κ1) is 18.5. The van der Waals surface area contributed by atoms with E-state index in [4.69, 9.17) is 0 Å². The molecule has 0 aromatic heterocycles. The maximum atomic E-state index is 12.6. The fraction of sp³-hybridized carbons (Fsp3) is 0.300. The first-order valence-electron chi connectivity index (χ1n) is 8.35. The van der Waals surface area contributed by atoms with E-state index in [2.05, 4.69) is 5.32 Å². The van der Waals surface area contributed by atoms with Crippen LogP contribution in [0.4, 0.5) is 4.79 Å². The minimum Gasteiger partial charge on any atom is -0.480 e. The summed E-state index contributed by atoms with van der Waals surface area (Å²) in [5.41, 5.74) is 1.87. The Morgan fingerprint density at radius 1 is 0.960 bits per heavy atom.